The number of hydrogen-bond acceptors (Lipinski definition) is 3. The van der Waals surface area contributed by atoms with Crippen LogP contribution in [0.5, 0.6) is 5.75 Å². The van der Waals surface area contributed by atoms with Crippen molar-refractivity contribution in [1.29, 1.82) is 0 Å². The molecule has 2 aromatic rings. The van der Waals surface area contributed by atoms with Crippen LogP contribution in [0.1, 0.15) is 17.0 Å². The minimum atomic E-state index is -4.41. The summed E-state index contributed by atoms with van der Waals surface area (Å²) in [4.78, 5) is 12.0. The van der Waals surface area contributed by atoms with Crippen molar-refractivity contribution in [2.45, 2.75) is 26.4 Å². The highest BCUT2D eigenvalue weighted by molar-refractivity contribution is 5.92. The Hall–Kier alpha value is -2.51. The summed E-state index contributed by atoms with van der Waals surface area (Å²) in [6.07, 6.45) is -4.28. The van der Waals surface area contributed by atoms with Crippen LogP contribution in [0.3, 0.4) is 0 Å². The third kappa shape index (κ3) is 5.01. The van der Waals surface area contributed by atoms with Crippen LogP contribution in [-0.2, 0) is 11.2 Å². The monoisotopic (exact) mass is 327 g/mol. The summed E-state index contributed by atoms with van der Waals surface area (Å²) in [7, 11) is 0. The van der Waals surface area contributed by atoms with Crippen molar-refractivity contribution in [2.24, 2.45) is 0 Å². The quantitative estimate of drug-likeness (QED) is 0.886. The first-order chi connectivity index (χ1) is 10.7. The number of H-pyrrole nitrogens is 1. The van der Waals surface area contributed by atoms with Crippen molar-refractivity contribution in [2.75, 3.05) is 11.9 Å². The molecule has 0 aliphatic rings. The minimum absolute atomic E-state index is 0.0378. The van der Waals surface area contributed by atoms with Crippen molar-refractivity contribution in [3.05, 3.63) is 41.2 Å². The lowest BCUT2D eigenvalue weighted by atomic mass is 10.1. The zero-order valence-electron chi connectivity index (χ0n) is 12.6. The first-order valence-corrected chi connectivity index (χ1v) is 6.84. The molecular weight excluding hydrogens is 311 g/mol. The Labute approximate surface area is 130 Å². The molecule has 0 bridgehead atoms. The van der Waals surface area contributed by atoms with Crippen LogP contribution in [-0.4, -0.2) is 28.9 Å². The van der Waals surface area contributed by atoms with E-state index in [1.54, 1.807) is 13.0 Å². The number of rotatable bonds is 5. The van der Waals surface area contributed by atoms with Crippen molar-refractivity contribution < 1.29 is 22.7 Å². The lowest BCUT2D eigenvalue weighted by Gasteiger charge is -2.11. The summed E-state index contributed by atoms with van der Waals surface area (Å²) < 4.78 is 41.1. The molecule has 8 heteroatoms. The van der Waals surface area contributed by atoms with E-state index in [1.807, 2.05) is 6.92 Å². The predicted molar refractivity (Wildman–Crippen MR) is 78.4 cm³/mol. The number of aryl methyl sites for hydroxylation is 2. The Balaban J connectivity index is 1.98. The van der Waals surface area contributed by atoms with E-state index in [-0.39, 0.29) is 18.1 Å². The third-order valence-corrected chi connectivity index (χ3v) is 3.14. The van der Waals surface area contributed by atoms with Crippen LogP contribution in [0, 0.1) is 13.8 Å². The lowest BCUT2D eigenvalue weighted by Crippen LogP contribution is -2.19. The van der Waals surface area contributed by atoms with Crippen LogP contribution in [0.2, 0.25) is 0 Å². The third-order valence-electron chi connectivity index (χ3n) is 3.14. The first-order valence-electron chi connectivity index (χ1n) is 6.84. The Bertz CT molecular complexity index is 676. The van der Waals surface area contributed by atoms with E-state index in [2.05, 4.69) is 20.3 Å². The lowest BCUT2D eigenvalue weighted by molar-refractivity contribution is -0.153. The molecule has 0 fully saturated rings. The topological polar surface area (TPSA) is 67.0 Å². The van der Waals surface area contributed by atoms with Gasteiger partial charge >= 0.3 is 6.18 Å². The number of halogens is 3. The number of hydrogen-bond donors (Lipinski definition) is 2. The molecule has 124 valence electrons. The summed E-state index contributed by atoms with van der Waals surface area (Å²) in [6.45, 7) is 2.23. The van der Waals surface area contributed by atoms with Gasteiger partial charge in [0.1, 0.15) is 5.75 Å². The largest absolute Gasteiger partial charge is 0.484 e. The molecule has 0 aliphatic carbocycles. The minimum Gasteiger partial charge on any atom is -0.484 e. The van der Waals surface area contributed by atoms with Crippen LogP contribution >= 0.6 is 0 Å². The molecule has 0 atom stereocenters. The summed E-state index contributed by atoms with van der Waals surface area (Å²) in [6, 6.07) is 5.83. The van der Waals surface area contributed by atoms with E-state index in [4.69, 9.17) is 0 Å². The molecule has 1 aromatic heterocycles. The average Bonchev–Trinajstić information content (AvgIpc) is 2.77. The van der Waals surface area contributed by atoms with Gasteiger partial charge in [0.15, 0.2) is 6.61 Å². The van der Waals surface area contributed by atoms with E-state index in [0.29, 0.717) is 5.69 Å². The first kappa shape index (κ1) is 16.9. The maximum absolute atomic E-state index is 12.1. The zero-order valence-corrected chi connectivity index (χ0v) is 12.6. The molecule has 23 heavy (non-hydrogen) atoms. The van der Waals surface area contributed by atoms with Gasteiger partial charge in [-0.05, 0) is 26.0 Å². The van der Waals surface area contributed by atoms with Gasteiger partial charge in [0.2, 0.25) is 5.91 Å². The molecule has 1 heterocycles. The van der Waals surface area contributed by atoms with Crippen molar-refractivity contribution in [3.8, 4) is 5.75 Å². The zero-order chi connectivity index (χ0) is 17.0. The highest BCUT2D eigenvalue weighted by atomic mass is 19.4. The van der Waals surface area contributed by atoms with Crippen LogP contribution in [0.15, 0.2) is 24.3 Å². The molecule has 2 N–H and O–H groups in total. The number of anilines is 1. The van der Waals surface area contributed by atoms with Crippen molar-refractivity contribution >= 4 is 11.6 Å². The van der Waals surface area contributed by atoms with E-state index >= 15 is 0 Å². The number of benzene rings is 1. The number of amides is 1. The van der Waals surface area contributed by atoms with Gasteiger partial charge in [-0.3, -0.25) is 9.89 Å². The molecule has 0 saturated carbocycles. The van der Waals surface area contributed by atoms with E-state index in [1.165, 1.54) is 18.2 Å². The second-order valence-electron chi connectivity index (χ2n) is 5.07. The molecule has 0 saturated heterocycles. The number of ether oxygens (including phenoxy) is 1. The van der Waals surface area contributed by atoms with Gasteiger partial charge < -0.3 is 10.1 Å². The fourth-order valence-corrected chi connectivity index (χ4v) is 2.03. The average molecular weight is 327 g/mol. The standard InChI is InChI=1S/C15H16F3N3O2/c1-9-13(10(2)21-20-9)7-14(22)19-11-4-3-5-12(6-11)23-8-15(16,17)18/h3-6H,7-8H2,1-2H3,(H,19,22)(H,20,21). The fourth-order valence-electron chi connectivity index (χ4n) is 2.03. The summed E-state index contributed by atoms with van der Waals surface area (Å²) in [5, 5.41) is 9.43. The second-order valence-corrected chi connectivity index (χ2v) is 5.07. The SMILES string of the molecule is Cc1n[nH]c(C)c1CC(=O)Nc1cccc(OCC(F)(F)F)c1. The maximum atomic E-state index is 12.1. The predicted octanol–water partition coefficient (Wildman–Crippen LogP) is 3.15. The molecule has 0 spiro atoms. The van der Waals surface area contributed by atoms with Crippen molar-refractivity contribution in [3.63, 3.8) is 0 Å². The molecule has 5 nitrogen and oxygen atoms in total. The Morgan fingerprint density at radius 2 is 2.09 bits per heavy atom. The van der Waals surface area contributed by atoms with Gasteiger partial charge in [-0.2, -0.15) is 18.3 Å². The highest BCUT2D eigenvalue weighted by Crippen LogP contribution is 2.21. The Morgan fingerprint density at radius 1 is 1.35 bits per heavy atom. The Morgan fingerprint density at radius 3 is 2.70 bits per heavy atom. The van der Waals surface area contributed by atoms with Crippen LogP contribution < -0.4 is 10.1 Å². The molecule has 2 rings (SSSR count). The van der Waals surface area contributed by atoms with Gasteiger partial charge in [-0.25, -0.2) is 0 Å². The molecule has 0 unspecified atom stereocenters. The number of nitrogens with one attached hydrogen (secondary N) is 2. The van der Waals surface area contributed by atoms with Gasteiger partial charge in [-0.1, -0.05) is 6.07 Å². The van der Waals surface area contributed by atoms with Gasteiger partial charge in [0.25, 0.3) is 0 Å². The second kappa shape index (κ2) is 6.72. The van der Waals surface area contributed by atoms with E-state index < -0.39 is 12.8 Å². The van der Waals surface area contributed by atoms with Crippen LogP contribution in [0.4, 0.5) is 18.9 Å². The molecular formula is C15H16F3N3O2. The fraction of sp³-hybridized carbons (Fsp3) is 0.333. The summed E-state index contributed by atoms with van der Waals surface area (Å²) in [5.74, 6) is -0.249. The normalized spacial score (nSPS) is 11.3. The number of carbonyl (C=O) groups excluding carboxylic acids is 1. The number of alkyl halides is 3. The van der Waals surface area contributed by atoms with Gasteiger partial charge in [0.05, 0.1) is 12.1 Å². The smallest absolute Gasteiger partial charge is 0.422 e. The Kier molecular flexibility index (Phi) is 4.92. The number of aromatic amines is 1. The van der Waals surface area contributed by atoms with Crippen LogP contribution in [0.25, 0.3) is 0 Å². The number of nitrogens with zero attached hydrogens (tertiary/aromatic N) is 1. The van der Waals surface area contributed by atoms with Gasteiger partial charge in [0, 0.05) is 23.0 Å². The molecule has 0 aliphatic heterocycles. The van der Waals surface area contributed by atoms with Gasteiger partial charge in [-0.15, -0.1) is 0 Å². The highest BCUT2D eigenvalue weighted by Gasteiger charge is 2.28. The van der Waals surface area contributed by atoms with E-state index in [9.17, 15) is 18.0 Å². The molecule has 1 aromatic carbocycles. The number of aromatic nitrogens is 2. The summed E-state index contributed by atoms with van der Waals surface area (Å²) in [5.41, 5.74) is 2.71. The maximum Gasteiger partial charge on any atom is 0.422 e. The molecule has 1 amide bonds. The number of carbonyl (C=O) groups is 1. The summed E-state index contributed by atoms with van der Waals surface area (Å²) >= 11 is 0. The molecule has 0 radical (unpaired) electrons. The van der Waals surface area contributed by atoms with E-state index in [0.717, 1.165) is 17.0 Å². The van der Waals surface area contributed by atoms with Crippen molar-refractivity contribution in [1.82, 2.24) is 10.2 Å².